The van der Waals surface area contributed by atoms with Gasteiger partial charge in [-0.25, -0.2) is 19.4 Å². The van der Waals surface area contributed by atoms with Crippen LogP contribution in [0.15, 0.2) is 83.0 Å². The van der Waals surface area contributed by atoms with Gasteiger partial charge in [0.25, 0.3) is 0 Å². The number of methoxy groups -OCH3 is 2. The largest absolute Gasteiger partial charge is 0.493 e. The third-order valence-electron chi connectivity index (χ3n) is 6.21. The number of benzene rings is 3. The van der Waals surface area contributed by atoms with Crippen LogP contribution in [0.2, 0.25) is 5.02 Å². The van der Waals surface area contributed by atoms with E-state index in [9.17, 15) is 4.79 Å². The number of anilines is 2. The number of carbonyl (C=O) groups excluding carboxylic acids is 1. The van der Waals surface area contributed by atoms with Crippen molar-refractivity contribution in [3.05, 3.63) is 83.8 Å². The zero-order chi connectivity index (χ0) is 29.1. The lowest BCUT2D eigenvalue weighted by atomic mass is 9.92. The molecule has 0 aliphatic heterocycles. The first-order valence-corrected chi connectivity index (χ1v) is 13.9. The number of urea groups is 1. The number of para-hydroxylation sites is 1. The highest BCUT2D eigenvalue weighted by Gasteiger charge is 2.22. The fourth-order valence-electron chi connectivity index (χ4n) is 4.11. The first-order chi connectivity index (χ1) is 19.7. The molecule has 0 atom stereocenters. The second kappa shape index (κ2) is 11.7. The van der Waals surface area contributed by atoms with Gasteiger partial charge in [-0.3, -0.25) is 5.32 Å². The number of halogens is 1. The van der Waals surface area contributed by atoms with Crippen LogP contribution in [-0.2, 0) is 5.41 Å². The summed E-state index contributed by atoms with van der Waals surface area (Å²) in [7, 11) is 3.18. The maximum atomic E-state index is 13.1. The summed E-state index contributed by atoms with van der Waals surface area (Å²) in [6, 6.07) is 20.0. The zero-order valence-electron chi connectivity index (χ0n) is 23.2. The molecular weight excluding hydrogens is 560 g/mol. The van der Waals surface area contributed by atoms with Gasteiger partial charge in [0.05, 0.1) is 36.1 Å². The number of hydrogen-bond acceptors (Lipinski definition) is 7. The van der Waals surface area contributed by atoms with Crippen molar-refractivity contribution in [1.82, 2.24) is 19.7 Å². The highest BCUT2D eigenvalue weighted by Crippen LogP contribution is 2.37. The summed E-state index contributed by atoms with van der Waals surface area (Å²) in [4.78, 5) is 22.9. The Morgan fingerprint density at radius 2 is 1.68 bits per heavy atom. The maximum absolute atomic E-state index is 13.1. The van der Waals surface area contributed by atoms with Crippen LogP contribution in [0.1, 0.15) is 26.5 Å². The maximum Gasteiger partial charge on any atom is 0.324 e. The van der Waals surface area contributed by atoms with E-state index in [0.29, 0.717) is 33.7 Å². The summed E-state index contributed by atoms with van der Waals surface area (Å²) in [5, 5.41) is 12.7. The van der Waals surface area contributed by atoms with E-state index in [2.05, 4.69) is 41.4 Å². The van der Waals surface area contributed by atoms with Crippen molar-refractivity contribution in [1.29, 1.82) is 0 Å². The molecule has 0 aliphatic carbocycles. The van der Waals surface area contributed by atoms with Crippen molar-refractivity contribution in [2.75, 3.05) is 24.9 Å². The second-order valence-electron chi connectivity index (χ2n) is 10.1. The molecule has 0 unspecified atom stereocenters. The molecular formula is C30H29ClN6O3S. The molecule has 0 aliphatic rings. The lowest BCUT2D eigenvalue weighted by molar-refractivity contribution is 0.262. The fraction of sp³-hybridized carbons (Fsp3) is 0.200. The molecule has 2 heterocycles. The Hall–Kier alpha value is -4.28. The van der Waals surface area contributed by atoms with Gasteiger partial charge in [-0.2, -0.15) is 5.10 Å². The fourth-order valence-corrected chi connectivity index (χ4v) is 5.26. The third kappa shape index (κ3) is 6.23. The molecule has 0 saturated heterocycles. The predicted octanol–water partition coefficient (Wildman–Crippen LogP) is 7.58. The van der Waals surface area contributed by atoms with Crippen LogP contribution in [0, 0.1) is 0 Å². The number of ether oxygens (including phenoxy) is 2. The summed E-state index contributed by atoms with van der Waals surface area (Å²) in [5.74, 6) is 1.69. The van der Waals surface area contributed by atoms with E-state index >= 15 is 0 Å². The van der Waals surface area contributed by atoms with Gasteiger partial charge < -0.3 is 14.8 Å². The van der Waals surface area contributed by atoms with Crippen LogP contribution in [0.5, 0.6) is 11.5 Å². The molecule has 2 N–H and O–H groups in total. The van der Waals surface area contributed by atoms with E-state index in [1.165, 1.54) is 18.1 Å². The average Bonchev–Trinajstić information content (AvgIpc) is 3.37. The first kappa shape index (κ1) is 28.3. The van der Waals surface area contributed by atoms with Crippen LogP contribution >= 0.6 is 23.4 Å². The Balaban J connectivity index is 1.38. The lowest BCUT2D eigenvalue weighted by Gasteiger charge is -2.14. The quantitative estimate of drug-likeness (QED) is 0.189. The van der Waals surface area contributed by atoms with Gasteiger partial charge in [0.15, 0.2) is 11.5 Å². The Morgan fingerprint density at radius 3 is 2.41 bits per heavy atom. The predicted molar refractivity (Wildman–Crippen MR) is 163 cm³/mol. The normalized spacial score (nSPS) is 11.4. The number of hydrogen-bond donors (Lipinski definition) is 2. The van der Waals surface area contributed by atoms with Gasteiger partial charge >= 0.3 is 6.03 Å². The van der Waals surface area contributed by atoms with Gasteiger partial charge in [0, 0.05) is 33.5 Å². The molecule has 210 valence electrons. The number of rotatable bonds is 7. The number of aromatic nitrogens is 4. The molecule has 41 heavy (non-hydrogen) atoms. The van der Waals surface area contributed by atoms with Gasteiger partial charge in [-0.1, -0.05) is 62.3 Å². The number of amides is 2. The molecule has 2 aromatic heterocycles. The summed E-state index contributed by atoms with van der Waals surface area (Å²) < 4.78 is 12.5. The van der Waals surface area contributed by atoms with Crippen molar-refractivity contribution in [2.45, 2.75) is 36.1 Å². The molecule has 11 heteroatoms. The minimum absolute atomic E-state index is 0.231. The molecule has 0 radical (unpaired) electrons. The summed E-state index contributed by atoms with van der Waals surface area (Å²) in [6.45, 7) is 6.19. The zero-order valence-corrected chi connectivity index (χ0v) is 24.8. The lowest BCUT2D eigenvalue weighted by Crippen LogP contribution is -2.21. The van der Waals surface area contributed by atoms with Crippen LogP contribution in [0.25, 0.3) is 16.6 Å². The first-order valence-electron chi connectivity index (χ1n) is 12.7. The van der Waals surface area contributed by atoms with Crippen LogP contribution in [-0.4, -0.2) is 40.0 Å². The molecule has 0 saturated carbocycles. The summed E-state index contributed by atoms with van der Waals surface area (Å²) >= 11 is 7.91. The van der Waals surface area contributed by atoms with Gasteiger partial charge in [0.2, 0.25) is 0 Å². The SMILES string of the molecule is COc1cc2ncnc(Sc3cccc(NC(=O)Nc4cc(C(C)(C)C)nn4-c4ccccc4Cl)c3)c2cc1OC. The van der Waals surface area contributed by atoms with Crippen molar-refractivity contribution < 1.29 is 14.3 Å². The van der Waals surface area contributed by atoms with Crippen molar-refractivity contribution in [3.63, 3.8) is 0 Å². The van der Waals surface area contributed by atoms with E-state index in [1.807, 2.05) is 60.7 Å². The Morgan fingerprint density at radius 1 is 0.927 bits per heavy atom. The molecule has 0 spiro atoms. The van der Waals surface area contributed by atoms with Gasteiger partial charge in [-0.05, 0) is 36.4 Å². The number of nitrogens with zero attached hydrogens (tertiary/aromatic N) is 4. The number of carbonyl (C=O) groups is 1. The molecule has 3 aromatic carbocycles. The molecule has 0 fully saturated rings. The molecule has 9 nitrogen and oxygen atoms in total. The molecule has 5 aromatic rings. The van der Waals surface area contributed by atoms with Crippen LogP contribution in [0.4, 0.5) is 16.3 Å². The monoisotopic (exact) mass is 588 g/mol. The average molecular weight is 589 g/mol. The summed E-state index contributed by atoms with van der Waals surface area (Å²) in [5.41, 5.74) is 2.61. The van der Waals surface area contributed by atoms with E-state index in [-0.39, 0.29) is 5.41 Å². The molecule has 5 rings (SSSR count). The third-order valence-corrected chi connectivity index (χ3v) is 7.54. The highest BCUT2D eigenvalue weighted by atomic mass is 35.5. The number of nitrogens with one attached hydrogen (secondary N) is 2. The second-order valence-corrected chi connectivity index (χ2v) is 11.6. The standard InChI is InChI=1S/C30H29ClN6O3S/c1-30(2,3)26-16-27(37(36-26)23-12-7-6-11-21(23)31)35-29(38)34-18-9-8-10-19(13-18)41-28-20-14-24(39-4)25(40-5)15-22(20)32-17-33-28/h6-17H,1-5H3,(H2,34,35,38). The van der Waals surface area contributed by atoms with E-state index in [1.54, 1.807) is 25.0 Å². The highest BCUT2D eigenvalue weighted by molar-refractivity contribution is 7.99. The number of fused-ring (bicyclic) bond motifs is 1. The van der Waals surface area contributed by atoms with Crippen molar-refractivity contribution in [3.8, 4) is 17.2 Å². The molecule has 0 bridgehead atoms. The Labute approximate surface area is 247 Å². The topological polar surface area (TPSA) is 103 Å². The van der Waals surface area contributed by atoms with Crippen molar-refractivity contribution >= 4 is 51.8 Å². The Kier molecular flexibility index (Phi) is 8.05. The van der Waals surface area contributed by atoms with E-state index in [0.717, 1.165) is 26.5 Å². The molecule has 2 amide bonds. The summed E-state index contributed by atoms with van der Waals surface area (Å²) in [6.07, 6.45) is 1.51. The smallest absolute Gasteiger partial charge is 0.324 e. The van der Waals surface area contributed by atoms with Crippen LogP contribution in [0.3, 0.4) is 0 Å². The van der Waals surface area contributed by atoms with Crippen molar-refractivity contribution in [2.24, 2.45) is 0 Å². The van der Waals surface area contributed by atoms with E-state index < -0.39 is 6.03 Å². The van der Waals surface area contributed by atoms with E-state index in [4.69, 9.17) is 26.2 Å². The van der Waals surface area contributed by atoms with Gasteiger partial charge in [-0.15, -0.1) is 0 Å². The Bertz CT molecular complexity index is 1730. The van der Waals surface area contributed by atoms with Gasteiger partial charge in [0.1, 0.15) is 17.2 Å². The minimum atomic E-state index is -0.412. The van der Waals surface area contributed by atoms with Crippen LogP contribution < -0.4 is 20.1 Å². The minimum Gasteiger partial charge on any atom is -0.493 e.